The van der Waals surface area contributed by atoms with Crippen LogP contribution in [0.15, 0.2) is 37.9 Å². The summed E-state index contributed by atoms with van der Waals surface area (Å²) in [7, 11) is 2.00. The van der Waals surface area contributed by atoms with Gasteiger partial charge in [0.15, 0.2) is 0 Å². The fraction of sp³-hybridized carbons (Fsp3) is 0.231. The minimum atomic E-state index is -0.371. The van der Waals surface area contributed by atoms with Gasteiger partial charge < -0.3 is 0 Å². The molecule has 0 aliphatic heterocycles. The molecule has 7 heteroatoms. The van der Waals surface area contributed by atoms with Gasteiger partial charge in [-0.25, -0.2) is 0 Å². The van der Waals surface area contributed by atoms with Crippen molar-refractivity contribution in [1.29, 1.82) is 0 Å². The Morgan fingerprint density at radius 3 is 2.55 bits per heavy atom. The van der Waals surface area contributed by atoms with Crippen LogP contribution in [-0.2, 0) is 13.1 Å². The van der Waals surface area contributed by atoms with Gasteiger partial charge in [-0.1, -0.05) is 6.07 Å². The molecule has 2 aromatic rings. The molecule has 4 nitrogen and oxygen atoms in total. The minimum absolute atomic E-state index is 0.106. The smallest absolute Gasteiger partial charge is 0.283 e. The first-order valence-electron chi connectivity index (χ1n) is 5.80. The highest BCUT2D eigenvalue weighted by molar-refractivity contribution is 9.11. The maximum Gasteiger partial charge on any atom is 0.283 e. The molecule has 0 aliphatic carbocycles. The summed E-state index contributed by atoms with van der Waals surface area (Å²) < 4.78 is 1.62. The van der Waals surface area contributed by atoms with Gasteiger partial charge in [-0.2, -0.15) is 0 Å². The Labute approximate surface area is 137 Å². The Kier molecular flexibility index (Phi) is 5.31. The van der Waals surface area contributed by atoms with Gasteiger partial charge in [-0.15, -0.1) is 11.3 Å². The fourth-order valence-corrected chi connectivity index (χ4v) is 3.50. The van der Waals surface area contributed by atoms with Crippen molar-refractivity contribution >= 4 is 48.9 Å². The van der Waals surface area contributed by atoms with Gasteiger partial charge in [0, 0.05) is 19.2 Å². The van der Waals surface area contributed by atoms with E-state index in [1.807, 2.05) is 13.1 Å². The van der Waals surface area contributed by atoms with Crippen LogP contribution in [0.2, 0.25) is 0 Å². The molecule has 0 fully saturated rings. The molecule has 0 aliphatic rings. The predicted molar refractivity (Wildman–Crippen MR) is 88.0 cm³/mol. The standard InChI is InChI=1S/C13H12Br2N2O2S/c1-16(7-10-5-13(15)20-8-10)6-9-2-3-11(14)12(4-9)17(18)19/h2-5,8H,6-7H2,1H3. The summed E-state index contributed by atoms with van der Waals surface area (Å²) in [5, 5.41) is 13.0. The van der Waals surface area contributed by atoms with E-state index >= 15 is 0 Å². The van der Waals surface area contributed by atoms with E-state index in [4.69, 9.17) is 0 Å². The molecule has 20 heavy (non-hydrogen) atoms. The molecule has 0 spiro atoms. The number of hydrogen-bond donors (Lipinski definition) is 0. The van der Waals surface area contributed by atoms with Crippen LogP contribution < -0.4 is 0 Å². The number of rotatable bonds is 5. The van der Waals surface area contributed by atoms with Crippen molar-refractivity contribution in [3.63, 3.8) is 0 Å². The number of nitro benzene ring substituents is 1. The van der Waals surface area contributed by atoms with Crippen LogP contribution in [0.25, 0.3) is 0 Å². The van der Waals surface area contributed by atoms with Crippen LogP contribution in [0.4, 0.5) is 5.69 Å². The first-order valence-corrected chi connectivity index (χ1v) is 8.26. The fourth-order valence-electron chi connectivity index (χ4n) is 1.90. The van der Waals surface area contributed by atoms with Crippen LogP contribution in [0.5, 0.6) is 0 Å². The zero-order valence-electron chi connectivity index (χ0n) is 10.7. The third-order valence-electron chi connectivity index (χ3n) is 2.73. The molecular formula is C13H12Br2N2O2S. The summed E-state index contributed by atoms with van der Waals surface area (Å²) in [5.74, 6) is 0. The first-order chi connectivity index (χ1) is 9.45. The molecule has 0 N–H and O–H groups in total. The minimum Gasteiger partial charge on any atom is -0.298 e. The summed E-state index contributed by atoms with van der Waals surface area (Å²) in [6.07, 6.45) is 0. The summed E-state index contributed by atoms with van der Waals surface area (Å²) in [6, 6.07) is 7.33. The highest BCUT2D eigenvalue weighted by atomic mass is 79.9. The van der Waals surface area contributed by atoms with E-state index in [1.54, 1.807) is 23.5 Å². The van der Waals surface area contributed by atoms with Crippen molar-refractivity contribution in [2.24, 2.45) is 0 Å². The monoisotopic (exact) mass is 418 g/mol. The zero-order valence-corrected chi connectivity index (χ0v) is 14.7. The number of hydrogen-bond acceptors (Lipinski definition) is 4. The molecule has 0 atom stereocenters. The predicted octanol–water partition coefficient (Wildman–Crippen LogP) is 4.81. The zero-order chi connectivity index (χ0) is 14.7. The lowest BCUT2D eigenvalue weighted by Gasteiger charge is -2.15. The summed E-state index contributed by atoms with van der Waals surface area (Å²) in [6.45, 7) is 1.48. The summed E-state index contributed by atoms with van der Waals surface area (Å²) in [5.41, 5.74) is 2.27. The van der Waals surface area contributed by atoms with Crippen molar-refractivity contribution in [2.75, 3.05) is 7.05 Å². The molecular weight excluding hydrogens is 408 g/mol. The van der Waals surface area contributed by atoms with Gasteiger partial charge in [-0.05, 0) is 67.5 Å². The number of nitro groups is 1. The third kappa shape index (κ3) is 4.12. The topological polar surface area (TPSA) is 46.4 Å². The highest BCUT2D eigenvalue weighted by Crippen LogP contribution is 2.26. The second-order valence-corrected chi connectivity index (χ2v) is 7.62. The van der Waals surface area contributed by atoms with Crippen LogP contribution in [-0.4, -0.2) is 16.9 Å². The van der Waals surface area contributed by atoms with Crippen molar-refractivity contribution in [3.8, 4) is 0 Å². The molecule has 0 saturated carbocycles. The van der Waals surface area contributed by atoms with Crippen molar-refractivity contribution in [2.45, 2.75) is 13.1 Å². The number of thiophene rings is 1. The highest BCUT2D eigenvalue weighted by Gasteiger charge is 2.13. The largest absolute Gasteiger partial charge is 0.298 e. The van der Waals surface area contributed by atoms with Gasteiger partial charge in [0.1, 0.15) is 0 Å². The summed E-state index contributed by atoms with van der Waals surface area (Å²) >= 11 is 8.29. The van der Waals surface area contributed by atoms with E-state index in [0.717, 1.165) is 15.9 Å². The molecule has 0 amide bonds. The lowest BCUT2D eigenvalue weighted by molar-refractivity contribution is -0.385. The molecule has 2 rings (SSSR count). The molecule has 1 aromatic carbocycles. The van der Waals surface area contributed by atoms with Crippen molar-refractivity contribution in [3.05, 3.63) is 59.1 Å². The van der Waals surface area contributed by atoms with Crippen LogP contribution >= 0.6 is 43.2 Å². The molecule has 106 valence electrons. The van der Waals surface area contributed by atoms with E-state index in [2.05, 4.69) is 48.2 Å². The average Bonchev–Trinajstić information content (AvgIpc) is 2.76. The maximum absolute atomic E-state index is 10.9. The van der Waals surface area contributed by atoms with Gasteiger partial charge in [0.05, 0.1) is 13.2 Å². The molecule has 0 unspecified atom stereocenters. The Bertz CT molecular complexity index is 631. The van der Waals surface area contributed by atoms with Crippen molar-refractivity contribution in [1.82, 2.24) is 4.90 Å². The second-order valence-electron chi connectivity index (χ2n) is 4.47. The van der Waals surface area contributed by atoms with Gasteiger partial charge in [0.25, 0.3) is 5.69 Å². The van der Waals surface area contributed by atoms with Crippen molar-refractivity contribution < 1.29 is 4.92 Å². The van der Waals surface area contributed by atoms with E-state index in [0.29, 0.717) is 11.0 Å². The molecule has 1 heterocycles. The molecule has 0 saturated heterocycles. The van der Waals surface area contributed by atoms with E-state index in [1.165, 1.54) is 5.56 Å². The van der Waals surface area contributed by atoms with Crippen LogP contribution in [0.3, 0.4) is 0 Å². The average molecular weight is 420 g/mol. The van der Waals surface area contributed by atoms with Gasteiger partial charge in [0.2, 0.25) is 0 Å². The van der Waals surface area contributed by atoms with Gasteiger partial charge in [-0.3, -0.25) is 15.0 Å². The van der Waals surface area contributed by atoms with Gasteiger partial charge >= 0.3 is 0 Å². The Balaban J connectivity index is 2.06. The lowest BCUT2D eigenvalue weighted by Crippen LogP contribution is -2.16. The Morgan fingerprint density at radius 1 is 1.25 bits per heavy atom. The number of benzene rings is 1. The maximum atomic E-state index is 10.9. The first kappa shape index (κ1) is 15.6. The lowest BCUT2D eigenvalue weighted by atomic mass is 10.2. The third-order valence-corrected chi connectivity index (χ3v) is 4.96. The SMILES string of the molecule is CN(Cc1csc(Br)c1)Cc1ccc(Br)c([N+](=O)[O-])c1. The van der Waals surface area contributed by atoms with E-state index in [-0.39, 0.29) is 10.6 Å². The Hall–Kier alpha value is -0.760. The number of halogens is 2. The van der Waals surface area contributed by atoms with Crippen LogP contribution in [0, 0.1) is 10.1 Å². The summed E-state index contributed by atoms with van der Waals surface area (Å²) in [4.78, 5) is 12.7. The molecule has 1 aromatic heterocycles. The quantitative estimate of drug-likeness (QED) is 0.515. The normalized spacial score (nSPS) is 11.0. The van der Waals surface area contributed by atoms with E-state index < -0.39 is 0 Å². The second kappa shape index (κ2) is 6.80. The number of nitrogens with zero attached hydrogens (tertiary/aromatic N) is 2. The van der Waals surface area contributed by atoms with E-state index in [9.17, 15) is 10.1 Å². The molecule has 0 bridgehead atoms. The Morgan fingerprint density at radius 2 is 1.95 bits per heavy atom. The molecule has 0 radical (unpaired) electrons. The van der Waals surface area contributed by atoms with Crippen LogP contribution in [0.1, 0.15) is 11.1 Å².